The van der Waals surface area contributed by atoms with Gasteiger partial charge < -0.3 is 10.2 Å². The van der Waals surface area contributed by atoms with E-state index >= 15 is 0 Å². The molecule has 5 heteroatoms. The minimum Gasteiger partial charge on any atom is -0.341 e. The Morgan fingerprint density at radius 1 is 1.18 bits per heavy atom. The second-order valence-electron chi connectivity index (χ2n) is 5.00. The maximum atomic E-state index is 12.5. The zero-order valence-corrected chi connectivity index (χ0v) is 10.0. The summed E-state index contributed by atoms with van der Waals surface area (Å²) in [7, 11) is 0. The van der Waals surface area contributed by atoms with Crippen LogP contribution in [0.15, 0.2) is 0 Å². The molecule has 2 aliphatic rings. The average Bonchev–Trinajstić information content (AvgIpc) is 2.39. The number of nitrogens with one attached hydrogen (secondary N) is 1. The molecule has 2 aliphatic heterocycles. The number of halogens is 2. The molecule has 0 aromatic carbocycles. The van der Waals surface area contributed by atoms with Gasteiger partial charge in [0.15, 0.2) is 0 Å². The first-order valence-corrected chi connectivity index (χ1v) is 6.49. The predicted octanol–water partition coefficient (Wildman–Crippen LogP) is 1.63. The monoisotopic (exact) mass is 246 g/mol. The first-order chi connectivity index (χ1) is 8.18. The molecule has 0 aromatic rings. The second-order valence-corrected chi connectivity index (χ2v) is 5.00. The van der Waals surface area contributed by atoms with Gasteiger partial charge >= 0.3 is 0 Å². The molecule has 1 unspecified atom stereocenters. The number of rotatable bonds is 2. The van der Waals surface area contributed by atoms with E-state index in [9.17, 15) is 13.6 Å². The molecule has 2 saturated heterocycles. The highest BCUT2D eigenvalue weighted by Gasteiger charge is 2.31. The number of hydrogen-bond donors (Lipinski definition) is 1. The summed E-state index contributed by atoms with van der Waals surface area (Å²) in [4.78, 5) is 13.9. The molecule has 0 bridgehead atoms. The van der Waals surface area contributed by atoms with E-state index in [1.54, 1.807) is 4.90 Å². The molecule has 3 nitrogen and oxygen atoms in total. The average molecular weight is 246 g/mol. The van der Waals surface area contributed by atoms with Crippen molar-refractivity contribution in [2.24, 2.45) is 5.92 Å². The van der Waals surface area contributed by atoms with Crippen molar-refractivity contribution >= 4 is 5.91 Å². The van der Waals surface area contributed by atoms with Crippen LogP contribution in [0.4, 0.5) is 8.78 Å². The van der Waals surface area contributed by atoms with Gasteiger partial charge in [-0.2, -0.15) is 0 Å². The number of nitrogens with zero attached hydrogens (tertiary/aromatic N) is 1. The minimum atomic E-state index is -2.24. The van der Waals surface area contributed by atoms with Crippen LogP contribution in [-0.2, 0) is 4.79 Å². The molecular formula is C12H20F2N2O. The lowest BCUT2D eigenvalue weighted by molar-refractivity contribution is -0.136. The number of alkyl halides is 2. The van der Waals surface area contributed by atoms with E-state index in [1.165, 1.54) is 0 Å². The molecule has 1 N–H and O–H groups in total. The predicted molar refractivity (Wildman–Crippen MR) is 60.9 cm³/mol. The van der Waals surface area contributed by atoms with Gasteiger partial charge in [-0.25, -0.2) is 8.78 Å². The van der Waals surface area contributed by atoms with Crippen LogP contribution in [0.5, 0.6) is 0 Å². The van der Waals surface area contributed by atoms with Gasteiger partial charge in [0.25, 0.3) is 0 Å². The van der Waals surface area contributed by atoms with Crippen LogP contribution in [-0.4, -0.2) is 42.9 Å². The summed E-state index contributed by atoms with van der Waals surface area (Å²) in [6, 6.07) is -0.0770. The van der Waals surface area contributed by atoms with Crippen LogP contribution in [0.25, 0.3) is 0 Å². The fourth-order valence-electron chi connectivity index (χ4n) is 2.65. The largest absolute Gasteiger partial charge is 0.341 e. The van der Waals surface area contributed by atoms with Gasteiger partial charge in [-0.1, -0.05) is 6.42 Å². The molecule has 98 valence electrons. The fourth-order valence-corrected chi connectivity index (χ4v) is 2.65. The zero-order chi connectivity index (χ0) is 12.3. The van der Waals surface area contributed by atoms with E-state index in [2.05, 4.69) is 5.32 Å². The van der Waals surface area contributed by atoms with Gasteiger partial charge in [0.2, 0.25) is 12.3 Å². The normalized spacial score (nSPS) is 27.5. The molecule has 1 amide bonds. The Labute approximate surface area is 101 Å². The molecule has 17 heavy (non-hydrogen) atoms. The molecule has 1 atom stereocenters. The highest BCUT2D eigenvalue weighted by molar-refractivity contribution is 5.82. The zero-order valence-electron chi connectivity index (χ0n) is 10.0. The maximum Gasteiger partial charge on any atom is 0.241 e. The Hall–Kier alpha value is -0.710. The lowest BCUT2D eigenvalue weighted by Crippen LogP contribution is -2.51. The molecule has 2 rings (SSSR count). The Bertz CT molecular complexity index is 259. The Balaban J connectivity index is 1.81. The minimum absolute atomic E-state index is 0.0770. The second kappa shape index (κ2) is 5.76. The molecule has 2 fully saturated rings. The lowest BCUT2D eigenvalue weighted by atomic mass is 9.96. The molecule has 0 spiro atoms. The van der Waals surface area contributed by atoms with Crippen molar-refractivity contribution in [3.63, 3.8) is 0 Å². The third-order valence-electron chi connectivity index (χ3n) is 3.82. The number of carbonyl (C=O) groups is 1. The van der Waals surface area contributed by atoms with Gasteiger partial charge in [0, 0.05) is 19.0 Å². The number of likely N-dealkylation sites (tertiary alicyclic amines) is 1. The number of piperidine rings is 2. The van der Waals surface area contributed by atoms with Crippen molar-refractivity contribution in [1.29, 1.82) is 0 Å². The third kappa shape index (κ3) is 3.15. The van der Waals surface area contributed by atoms with Crippen LogP contribution in [0.3, 0.4) is 0 Å². The van der Waals surface area contributed by atoms with E-state index in [0.29, 0.717) is 25.9 Å². The van der Waals surface area contributed by atoms with Crippen LogP contribution in [0.2, 0.25) is 0 Å². The van der Waals surface area contributed by atoms with Crippen LogP contribution >= 0.6 is 0 Å². The summed E-state index contributed by atoms with van der Waals surface area (Å²) >= 11 is 0. The number of carbonyl (C=O) groups excluding carboxylic acids is 1. The first kappa shape index (κ1) is 12.7. The number of hydrogen-bond acceptors (Lipinski definition) is 2. The molecule has 0 radical (unpaired) electrons. The fraction of sp³-hybridized carbons (Fsp3) is 0.917. The van der Waals surface area contributed by atoms with E-state index in [1.807, 2.05) is 0 Å². The summed E-state index contributed by atoms with van der Waals surface area (Å²) in [5.74, 6) is -0.407. The summed E-state index contributed by atoms with van der Waals surface area (Å²) in [6.07, 6.45) is 1.73. The molecule has 0 saturated carbocycles. The highest BCUT2D eigenvalue weighted by Crippen LogP contribution is 2.24. The Kier molecular flexibility index (Phi) is 4.31. The van der Waals surface area contributed by atoms with Gasteiger partial charge in [-0.05, 0) is 32.2 Å². The Morgan fingerprint density at radius 2 is 1.88 bits per heavy atom. The van der Waals surface area contributed by atoms with Crippen LogP contribution in [0.1, 0.15) is 32.1 Å². The van der Waals surface area contributed by atoms with Gasteiger partial charge in [-0.15, -0.1) is 0 Å². The third-order valence-corrected chi connectivity index (χ3v) is 3.82. The van der Waals surface area contributed by atoms with Gasteiger partial charge in [-0.3, -0.25) is 4.79 Å². The summed E-state index contributed by atoms with van der Waals surface area (Å²) < 4.78 is 25.0. The summed E-state index contributed by atoms with van der Waals surface area (Å²) in [5, 5.41) is 3.21. The van der Waals surface area contributed by atoms with Crippen LogP contribution < -0.4 is 5.32 Å². The highest BCUT2D eigenvalue weighted by atomic mass is 19.3. The van der Waals surface area contributed by atoms with Crippen LogP contribution in [0, 0.1) is 5.92 Å². The molecule has 0 aliphatic carbocycles. The summed E-state index contributed by atoms with van der Waals surface area (Å²) in [6.45, 7) is 1.88. The number of amides is 1. The van der Waals surface area contributed by atoms with Gasteiger partial charge in [0.05, 0.1) is 6.04 Å². The maximum absolute atomic E-state index is 12.5. The van der Waals surface area contributed by atoms with E-state index in [4.69, 9.17) is 0 Å². The van der Waals surface area contributed by atoms with Crippen molar-refractivity contribution < 1.29 is 13.6 Å². The smallest absolute Gasteiger partial charge is 0.241 e. The van der Waals surface area contributed by atoms with Crippen molar-refractivity contribution in [2.45, 2.75) is 44.6 Å². The standard InChI is InChI=1S/C12H20F2N2O/c13-11(14)9-4-7-16(8-5-9)12(17)10-3-1-2-6-15-10/h9-11,15H,1-8H2. The van der Waals surface area contributed by atoms with E-state index < -0.39 is 12.3 Å². The van der Waals surface area contributed by atoms with E-state index in [0.717, 1.165) is 25.8 Å². The Morgan fingerprint density at radius 3 is 2.41 bits per heavy atom. The lowest BCUT2D eigenvalue weighted by Gasteiger charge is -2.35. The molecule has 2 heterocycles. The molecular weight excluding hydrogens is 226 g/mol. The molecule has 0 aromatic heterocycles. The topological polar surface area (TPSA) is 32.3 Å². The SMILES string of the molecule is O=C(C1CCCCN1)N1CCC(C(F)F)CC1. The quantitative estimate of drug-likeness (QED) is 0.803. The summed E-state index contributed by atoms with van der Waals surface area (Å²) in [5.41, 5.74) is 0. The van der Waals surface area contributed by atoms with Crippen molar-refractivity contribution in [3.05, 3.63) is 0 Å². The van der Waals surface area contributed by atoms with Crippen molar-refractivity contribution in [2.75, 3.05) is 19.6 Å². The van der Waals surface area contributed by atoms with Crippen molar-refractivity contribution in [1.82, 2.24) is 10.2 Å². The van der Waals surface area contributed by atoms with Gasteiger partial charge in [0.1, 0.15) is 0 Å². The van der Waals surface area contributed by atoms with Crippen molar-refractivity contribution in [3.8, 4) is 0 Å². The first-order valence-electron chi connectivity index (χ1n) is 6.49. The van der Waals surface area contributed by atoms with E-state index in [-0.39, 0.29) is 11.9 Å².